The van der Waals surface area contributed by atoms with Crippen molar-refractivity contribution in [3.05, 3.63) is 35.0 Å². The number of hydrogen-bond donors (Lipinski definition) is 1. The smallest absolute Gasteiger partial charge is 0.333 e. The lowest BCUT2D eigenvalue weighted by molar-refractivity contribution is -0.136. The Morgan fingerprint density at radius 2 is 2.09 bits per heavy atom. The van der Waals surface area contributed by atoms with Crippen LogP contribution < -0.4 is 0 Å². The third-order valence-corrected chi connectivity index (χ3v) is 3.53. The quantitative estimate of drug-likeness (QED) is 0.657. The number of hydrogen-bond acceptors (Lipinski definition) is 4. The molecular formula is C17H20N2O3. The summed E-state index contributed by atoms with van der Waals surface area (Å²) in [6.07, 6.45) is 5.21. The SMILES string of the molecule is COC(=O)/C(=C\c1cc(C)c2[nH]ncc2c1)CCCC(C)=O. The molecule has 0 spiro atoms. The third kappa shape index (κ3) is 3.81. The van der Waals surface area contributed by atoms with Crippen LogP contribution in [0.25, 0.3) is 17.0 Å². The monoisotopic (exact) mass is 300 g/mol. The average molecular weight is 300 g/mol. The highest BCUT2D eigenvalue weighted by molar-refractivity contribution is 5.94. The van der Waals surface area contributed by atoms with Gasteiger partial charge in [-0.1, -0.05) is 0 Å². The Labute approximate surface area is 129 Å². The highest BCUT2D eigenvalue weighted by atomic mass is 16.5. The number of ether oxygens (including phenoxy) is 1. The van der Waals surface area contributed by atoms with Gasteiger partial charge in [0.25, 0.3) is 0 Å². The Morgan fingerprint density at radius 3 is 2.77 bits per heavy atom. The summed E-state index contributed by atoms with van der Waals surface area (Å²) in [7, 11) is 1.37. The first-order valence-electron chi connectivity index (χ1n) is 7.23. The van der Waals surface area contributed by atoms with E-state index >= 15 is 0 Å². The van der Waals surface area contributed by atoms with Crippen LogP contribution in [0.3, 0.4) is 0 Å². The predicted molar refractivity (Wildman–Crippen MR) is 85.4 cm³/mol. The van der Waals surface area contributed by atoms with Crippen molar-refractivity contribution in [1.82, 2.24) is 10.2 Å². The standard InChI is InChI=1S/C17H20N2O3/c1-11-7-13(9-15-10-18-19-16(11)15)8-14(17(21)22-3)6-4-5-12(2)20/h7-10H,4-6H2,1-3H3,(H,18,19)/b14-8-. The molecule has 5 nitrogen and oxygen atoms in total. The van der Waals surface area contributed by atoms with Gasteiger partial charge in [0.05, 0.1) is 18.8 Å². The zero-order chi connectivity index (χ0) is 16.1. The fourth-order valence-corrected chi connectivity index (χ4v) is 2.44. The molecule has 5 heteroatoms. The molecule has 22 heavy (non-hydrogen) atoms. The number of methoxy groups -OCH3 is 1. The zero-order valence-electron chi connectivity index (χ0n) is 13.1. The maximum atomic E-state index is 11.9. The number of nitrogens with one attached hydrogen (secondary N) is 1. The highest BCUT2D eigenvalue weighted by Gasteiger charge is 2.11. The van der Waals surface area contributed by atoms with Crippen LogP contribution in [0, 0.1) is 6.92 Å². The Bertz CT molecular complexity index is 729. The molecule has 0 unspecified atom stereocenters. The number of H-pyrrole nitrogens is 1. The van der Waals surface area contributed by atoms with Crippen molar-refractivity contribution < 1.29 is 14.3 Å². The minimum atomic E-state index is -0.353. The van der Waals surface area contributed by atoms with Crippen LogP contribution in [-0.4, -0.2) is 29.1 Å². The fourth-order valence-electron chi connectivity index (χ4n) is 2.44. The molecular weight excluding hydrogens is 280 g/mol. The molecule has 0 radical (unpaired) electrons. The van der Waals surface area contributed by atoms with E-state index in [-0.39, 0.29) is 11.8 Å². The van der Waals surface area contributed by atoms with E-state index in [1.54, 1.807) is 13.1 Å². The summed E-state index contributed by atoms with van der Waals surface area (Å²) >= 11 is 0. The lowest BCUT2D eigenvalue weighted by atomic mass is 10.0. The molecule has 0 atom stereocenters. The molecule has 2 aromatic rings. The molecule has 0 aliphatic rings. The summed E-state index contributed by atoms with van der Waals surface area (Å²) in [6, 6.07) is 3.97. The van der Waals surface area contributed by atoms with Crippen LogP contribution in [0.15, 0.2) is 23.9 Å². The number of rotatable bonds is 6. The van der Waals surface area contributed by atoms with Crippen LogP contribution in [0.5, 0.6) is 0 Å². The minimum Gasteiger partial charge on any atom is -0.466 e. The highest BCUT2D eigenvalue weighted by Crippen LogP contribution is 2.21. The second-order valence-corrected chi connectivity index (χ2v) is 5.39. The Balaban J connectivity index is 2.29. The second kappa shape index (κ2) is 7.02. The van der Waals surface area contributed by atoms with Gasteiger partial charge in [0.15, 0.2) is 0 Å². The number of aryl methyl sites for hydroxylation is 1. The number of Topliss-reactive ketones (excluding diaryl/α,β-unsaturated/α-hetero) is 1. The Morgan fingerprint density at radius 1 is 1.32 bits per heavy atom. The summed E-state index contributed by atoms with van der Waals surface area (Å²) in [5.41, 5.74) is 3.56. The van der Waals surface area contributed by atoms with Gasteiger partial charge in [-0.05, 0) is 56.0 Å². The summed E-state index contributed by atoms with van der Waals surface area (Å²) in [6.45, 7) is 3.54. The molecule has 0 bridgehead atoms. The molecule has 2 rings (SSSR count). The number of carbonyl (C=O) groups excluding carboxylic acids is 2. The van der Waals surface area contributed by atoms with Gasteiger partial charge in [-0.3, -0.25) is 5.10 Å². The van der Waals surface area contributed by atoms with Gasteiger partial charge in [0.1, 0.15) is 5.78 Å². The first kappa shape index (κ1) is 15.9. The number of ketones is 1. The van der Waals surface area contributed by atoms with Crippen molar-refractivity contribution in [2.24, 2.45) is 0 Å². The van der Waals surface area contributed by atoms with Crippen LogP contribution >= 0.6 is 0 Å². The van der Waals surface area contributed by atoms with Crippen LogP contribution in [0.2, 0.25) is 0 Å². The van der Waals surface area contributed by atoms with Crippen molar-refractivity contribution in [3.63, 3.8) is 0 Å². The molecule has 0 aliphatic carbocycles. The molecule has 0 saturated carbocycles. The minimum absolute atomic E-state index is 0.125. The number of fused-ring (bicyclic) bond motifs is 1. The van der Waals surface area contributed by atoms with Gasteiger partial charge in [0.2, 0.25) is 0 Å². The maximum absolute atomic E-state index is 11.9. The van der Waals surface area contributed by atoms with E-state index in [0.717, 1.165) is 22.0 Å². The van der Waals surface area contributed by atoms with Gasteiger partial charge < -0.3 is 9.53 Å². The second-order valence-electron chi connectivity index (χ2n) is 5.39. The maximum Gasteiger partial charge on any atom is 0.333 e. The van der Waals surface area contributed by atoms with E-state index in [0.29, 0.717) is 24.8 Å². The largest absolute Gasteiger partial charge is 0.466 e. The van der Waals surface area contributed by atoms with Crippen molar-refractivity contribution in [2.75, 3.05) is 7.11 Å². The number of aromatic nitrogens is 2. The van der Waals surface area contributed by atoms with Gasteiger partial charge in [0, 0.05) is 17.4 Å². The molecule has 116 valence electrons. The van der Waals surface area contributed by atoms with Crippen molar-refractivity contribution in [1.29, 1.82) is 0 Å². The first-order chi connectivity index (χ1) is 10.5. The molecule has 1 aromatic carbocycles. The topological polar surface area (TPSA) is 72.1 Å². The van der Waals surface area contributed by atoms with Crippen LogP contribution in [0.4, 0.5) is 0 Å². The summed E-state index contributed by atoms with van der Waals surface area (Å²) in [5, 5.41) is 7.98. The fraction of sp³-hybridized carbons (Fsp3) is 0.353. The molecule has 0 aliphatic heterocycles. The average Bonchev–Trinajstić information content (AvgIpc) is 2.94. The summed E-state index contributed by atoms with van der Waals surface area (Å²) in [5.74, 6) is -0.228. The van der Waals surface area contributed by atoms with Crippen molar-refractivity contribution >= 4 is 28.7 Å². The van der Waals surface area contributed by atoms with Gasteiger partial charge in [-0.15, -0.1) is 0 Å². The van der Waals surface area contributed by atoms with Crippen molar-refractivity contribution in [2.45, 2.75) is 33.1 Å². The third-order valence-electron chi connectivity index (χ3n) is 3.53. The number of esters is 1. The van der Waals surface area contributed by atoms with Crippen LogP contribution in [-0.2, 0) is 14.3 Å². The predicted octanol–water partition coefficient (Wildman–Crippen LogP) is 3.19. The normalized spacial score (nSPS) is 11.7. The number of benzene rings is 1. The van der Waals surface area contributed by atoms with Gasteiger partial charge in [-0.25, -0.2) is 4.79 Å². The zero-order valence-corrected chi connectivity index (χ0v) is 13.1. The molecule has 1 aromatic heterocycles. The Hall–Kier alpha value is -2.43. The molecule has 0 amide bonds. The Kier molecular flexibility index (Phi) is 5.09. The van der Waals surface area contributed by atoms with E-state index < -0.39 is 0 Å². The molecule has 1 heterocycles. The molecule has 0 saturated heterocycles. The van der Waals surface area contributed by atoms with Gasteiger partial charge >= 0.3 is 5.97 Å². The number of aromatic amines is 1. The number of nitrogens with zero attached hydrogens (tertiary/aromatic N) is 1. The van der Waals surface area contributed by atoms with E-state index in [1.807, 2.05) is 25.1 Å². The van der Waals surface area contributed by atoms with Gasteiger partial charge in [-0.2, -0.15) is 5.10 Å². The van der Waals surface area contributed by atoms with Crippen LogP contribution in [0.1, 0.15) is 37.3 Å². The van der Waals surface area contributed by atoms with E-state index in [9.17, 15) is 9.59 Å². The first-order valence-corrected chi connectivity index (χ1v) is 7.23. The van der Waals surface area contributed by atoms with Crippen molar-refractivity contribution in [3.8, 4) is 0 Å². The summed E-state index contributed by atoms with van der Waals surface area (Å²) < 4.78 is 4.83. The number of carbonyl (C=O) groups is 2. The van der Waals surface area contributed by atoms with E-state index in [2.05, 4.69) is 10.2 Å². The lowest BCUT2D eigenvalue weighted by Crippen LogP contribution is -2.05. The molecule has 0 fully saturated rings. The van der Waals surface area contributed by atoms with E-state index in [4.69, 9.17) is 4.74 Å². The molecule has 1 N–H and O–H groups in total. The van der Waals surface area contributed by atoms with E-state index in [1.165, 1.54) is 7.11 Å². The lowest BCUT2D eigenvalue weighted by Gasteiger charge is -2.06. The summed E-state index contributed by atoms with van der Waals surface area (Å²) in [4.78, 5) is 22.9.